The van der Waals surface area contributed by atoms with Crippen LogP contribution in [-0.2, 0) is 4.79 Å². The van der Waals surface area contributed by atoms with Gasteiger partial charge < -0.3 is 15.3 Å². The summed E-state index contributed by atoms with van der Waals surface area (Å²) < 4.78 is 0. The van der Waals surface area contributed by atoms with E-state index in [9.17, 15) is 9.59 Å². The summed E-state index contributed by atoms with van der Waals surface area (Å²) in [5.74, 6) is -0.913. The van der Waals surface area contributed by atoms with Gasteiger partial charge in [0.25, 0.3) is 0 Å². The maximum absolute atomic E-state index is 12.4. The van der Waals surface area contributed by atoms with Crippen LogP contribution >= 0.6 is 0 Å². The minimum atomic E-state index is -0.913. The molecule has 0 radical (unpaired) electrons. The van der Waals surface area contributed by atoms with Gasteiger partial charge in [-0.15, -0.1) is 0 Å². The molecule has 2 N–H and O–H groups in total. The summed E-state index contributed by atoms with van der Waals surface area (Å²) in [6.45, 7) is 9.76. The van der Waals surface area contributed by atoms with E-state index in [4.69, 9.17) is 5.11 Å². The van der Waals surface area contributed by atoms with Crippen molar-refractivity contribution in [2.45, 2.75) is 46.6 Å². The summed E-state index contributed by atoms with van der Waals surface area (Å²) in [6.07, 6.45) is -0.0719. The normalized spacial score (nSPS) is 11.1. The van der Waals surface area contributed by atoms with Crippen molar-refractivity contribution < 1.29 is 14.7 Å². The van der Waals surface area contributed by atoms with Crippen LogP contribution in [0, 0.1) is 13.8 Å². The number of urea groups is 1. The molecule has 0 aliphatic carbocycles. The summed E-state index contributed by atoms with van der Waals surface area (Å²) in [4.78, 5) is 24.7. The summed E-state index contributed by atoms with van der Waals surface area (Å²) in [5.41, 5.74) is 2.41. The maximum atomic E-state index is 12.4. The molecule has 0 saturated heterocycles. The second-order valence-electron chi connectivity index (χ2n) is 6.21. The van der Waals surface area contributed by atoms with Crippen molar-refractivity contribution in [1.29, 1.82) is 0 Å². The Labute approximate surface area is 126 Å². The number of rotatable bonds is 4. The number of benzene rings is 1. The Morgan fingerprint density at radius 3 is 2.33 bits per heavy atom. The van der Waals surface area contributed by atoms with Gasteiger partial charge in [0.1, 0.15) is 0 Å². The molecule has 0 aliphatic heterocycles. The SMILES string of the molecule is Cc1ccc(NC(=O)N(CCC(=O)O)C(C)(C)C)c(C)c1. The van der Waals surface area contributed by atoms with Crippen LogP contribution in [0.5, 0.6) is 0 Å². The number of anilines is 1. The first kappa shape index (κ1) is 17.0. The van der Waals surface area contributed by atoms with Crippen LogP contribution in [0.3, 0.4) is 0 Å². The number of aliphatic carboxylic acids is 1. The number of aryl methyl sites for hydroxylation is 2. The Morgan fingerprint density at radius 2 is 1.86 bits per heavy atom. The van der Waals surface area contributed by atoms with Gasteiger partial charge in [-0.3, -0.25) is 4.79 Å². The fraction of sp³-hybridized carbons (Fsp3) is 0.500. The molecular formula is C16H24N2O3. The average Bonchev–Trinajstić information content (AvgIpc) is 2.30. The molecule has 0 heterocycles. The number of carbonyl (C=O) groups is 2. The van der Waals surface area contributed by atoms with Gasteiger partial charge in [-0.05, 0) is 46.2 Å². The van der Waals surface area contributed by atoms with E-state index in [2.05, 4.69) is 5.32 Å². The summed E-state index contributed by atoms with van der Waals surface area (Å²) in [7, 11) is 0. The van der Waals surface area contributed by atoms with Gasteiger partial charge in [0.15, 0.2) is 0 Å². The van der Waals surface area contributed by atoms with Gasteiger partial charge in [-0.1, -0.05) is 17.7 Å². The number of hydrogen-bond acceptors (Lipinski definition) is 2. The molecule has 0 fully saturated rings. The Hall–Kier alpha value is -2.04. The number of amides is 2. The van der Waals surface area contributed by atoms with Crippen LogP contribution in [0.4, 0.5) is 10.5 Å². The smallest absolute Gasteiger partial charge is 0.322 e. The third-order valence-electron chi connectivity index (χ3n) is 3.23. The van der Waals surface area contributed by atoms with Crippen LogP contribution < -0.4 is 5.32 Å². The Balaban J connectivity index is 2.88. The lowest BCUT2D eigenvalue weighted by Crippen LogP contribution is -2.48. The minimum Gasteiger partial charge on any atom is -0.481 e. The van der Waals surface area contributed by atoms with Gasteiger partial charge in [0, 0.05) is 17.8 Å². The molecule has 0 aliphatic rings. The first-order chi connectivity index (χ1) is 9.61. The predicted octanol–water partition coefficient (Wildman–Crippen LogP) is 3.41. The lowest BCUT2D eigenvalue weighted by Gasteiger charge is -2.35. The number of carboxylic acids is 1. The van der Waals surface area contributed by atoms with Crippen molar-refractivity contribution in [3.63, 3.8) is 0 Å². The molecule has 0 atom stereocenters. The fourth-order valence-corrected chi connectivity index (χ4v) is 2.09. The minimum absolute atomic E-state index is 0.0719. The molecular weight excluding hydrogens is 268 g/mol. The molecule has 0 aromatic heterocycles. The van der Waals surface area contributed by atoms with E-state index in [1.54, 1.807) is 4.90 Å². The topological polar surface area (TPSA) is 69.6 Å². The highest BCUT2D eigenvalue weighted by Crippen LogP contribution is 2.20. The van der Waals surface area contributed by atoms with Gasteiger partial charge >= 0.3 is 12.0 Å². The number of carbonyl (C=O) groups excluding carboxylic acids is 1. The monoisotopic (exact) mass is 292 g/mol. The van der Waals surface area contributed by atoms with Crippen molar-refractivity contribution in [2.24, 2.45) is 0 Å². The molecule has 2 amide bonds. The third-order valence-corrected chi connectivity index (χ3v) is 3.23. The molecule has 5 heteroatoms. The highest BCUT2D eigenvalue weighted by molar-refractivity contribution is 5.90. The predicted molar refractivity (Wildman–Crippen MR) is 83.6 cm³/mol. The number of carboxylic acid groups (broad SMARTS) is 1. The van der Waals surface area contributed by atoms with Crippen molar-refractivity contribution >= 4 is 17.7 Å². The van der Waals surface area contributed by atoms with Gasteiger partial charge in [-0.25, -0.2) is 4.79 Å². The van der Waals surface area contributed by atoms with Crippen LogP contribution in [0.15, 0.2) is 18.2 Å². The second kappa shape index (κ2) is 6.61. The van der Waals surface area contributed by atoms with Crippen LogP contribution in [0.25, 0.3) is 0 Å². The molecule has 0 unspecified atom stereocenters. The van der Waals surface area contributed by atoms with Crippen molar-refractivity contribution in [3.05, 3.63) is 29.3 Å². The molecule has 1 aromatic rings. The third kappa shape index (κ3) is 5.10. The van der Waals surface area contributed by atoms with E-state index in [1.165, 1.54) is 0 Å². The highest BCUT2D eigenvalue weighted by Gasteiger charge is 2.27. The molecule has 1 rings (SSSR count). The van der Waals surface area contributed by atoms with E-state index in [0.717, 1.165) is 16.8 Å². The quantitative estimate of drug-likeness (QED) is 0.893. The maximum Gasteiger partial charge on any atom is 0.322 e. The summed E-state index contributed by atoms with van der Waals surface area (Å²) in [6, 6.07) is 5.51. The van der Waals surface area contributed by atoms with E-state index in [-0.39, 0.29) is 19.0 Å². The van der Waals surface area contributed by atoms with Crippen molar-refractivity contribution in [3.8, 4) is 0 Å². The Morgan fingerprint density at radius 1 is 1.24 bits per heavy atom. The fourth-order valence-electron chi connectivity index (χ4n) is 2.09. The van der Waals surface area contributed by atoms with Crippen molar-refractivity contribution in [2.75, 3.05) is 11.9 Å². The van der Waals surface area contributed by atoms with Crippen molar-refractivity contribution in [1.82, 2.24) is 4.90 Å². The largest absolute Gasteiger partial charge is 0.481 e. The van der Waals surface area contributed by atoms with Crippen LogP contribution in [0.2, 0.25) is 0 Å². The van der Waals surface area contributed by atoms with Crippen LogP contribution in [-0.4, -0.2) is 34.1 Å². The molecule has 21 heavy (non-hydrogen) atoms. The molecule has 1 aromatic carbocycles. The van der Waals surface area contributed by atoms with E-state index >= 15 is 0 Å². The zero-order valence-corrected chi connectivity index (χ0v) is 13.4. The first-order valence-corrected chi connectivity index (χ1v) is 6.99. The number of hydrogen-bond donors (Lipinski definition) is 2. The lowest BCUT2D eigenvalue weighted by molar-refractivity contribution is -0.137. The standard InChI is InChI=1S/C16H24N2O3/c1-11-6-7-13(12(2)10-11)17-15(21)18(16(3,4)5)9-8-14(19)20/h6-7,10H,8-9H2,1-5H3,(H,17,21)(H,19,20). The number of nitrogens with one attached hydrogen (secondary N) is 1. The highest BCUT2D eigenvalue weighted by atomic mass is 16.4. The van der Waals surface area contributed by atoms with Gasteiger partial charge in [0.2, 0.25) is 0 Å². The Kier molecular flexibility index (Phi) is 5.35. The lowest BCUT2D eigenvalue weighted by atomic mass is 10.1. The molecule has 116 valence electrons. The van der Waals surface area contributed by atoms with Crippen LogP contribution in [0.1, 0.15) is 38.3 Å². The van der Waals surface area contributed by atoms with Gasteiger partial charge in [0.05, 0.1) is 6.42 Å². The average molecular weight is 292 g/mol. The number of nitrogens with zero attached hydrogens (tertiary/aromatic N) is 1. The molecule has 5 nitrogen and oxygen atoms in total. The first-order valence-electron chi connectivity index (χ1n) is 6.99. The second-order valence-corrected chi connectivity index (χ2v) is 6.21. The Bertz CT molecular complexity index is 533. The van der Waals surface area contributed by atoms with E-state index in [0.29, 0.717) is 0 Å². The van der Waals surface area contributed by atoms with E-state index < -0.39 is 11.5 Å². The molecule has 0 bridgehead atoms. The van der Waals surface area contributed by atoms with E-state index in [1.807, 2.05) is 52.8 Å². The summed E-state index contributed by atoms with van der Waals surface area (Å²) in [5, 5.41) is 11.7. The van der Waals surface area contributed by atoms with Gasteiger partial charge in [-0.2, -0.15) is 0 Å². The molecule has 0 spiro atoms. The zero-order chi connectivity index (χ0) is 16.2. The zero-order valence-electron chi connectivity index (χ0n) is 13.4. The summed E-state index contributed by atoms with van der Waals surface area (Å²) >= 11 is 0. The molecule has 0 saturated carbocycles.